The van der Waals surface area contributed by atoms with Crippen LogP contribution in [0.15, 0.2) is 48.5 Å². The summed E-state index contributed by atoms with van der Waals surface area (Å²) < 4.78 is 37.8. The van der Waals surface area contributed by atoms with Crippen molar-refractivity contribution in [2.45, 2.75) is 12.6 Å². The van der Waals surface area contributed by atoms with E-state index in [9.17, 15) is 18.0 Å². The Morgan fingerprint density at radius 1 is 1.04 bits per heavy atom. The van der Waals surface area contributed by atoms with Crippen LogP contribution in [0.1, 0.15) is 12.0 Å². The normalized spacial score (nSPS) is 11.1. The summed E-state index contributed by atoms with van der Waals surface area (Å²) in [6.07, 6.45) is -4.32. The van der Waals surface area contributed by atoms with Crippen molar-refractivity contribution >= 4 is 28.9 Å². The third kappa shape index (κ3) is 5.49. The summed E-state index contributed by atoms with van der Waals surface area (Å²) >= 11 is 5.83. The van der Waals surface area contributed by atoms with E-state index in [0.717, 1.165) is 17.8 Å². The number of carbonyl (C=O) groups excluding carboxylic acids is 1. The number of carbonyl (C=O) groups is 1. The summed E-state index contributed by atoms with van der Waals surface area (Å²) in [7, 11) is 0. The minimum Gasteiger partial charge on any atom is -0.384 e. The first-order valence-electron chi connectivity index (χ1n) is 6.81. The molecule has 7 heteroatoms. The standard InChI is InChI=1S/C16H14ClF3N2O/c17-12-4-2-5-13(10-12)21-8-7-15(23)22-14-6-1-3-11(9-14)16(18,19)20/h1-6,9-10,21H,7-8H2,(H,22,23). The average molecular weight is 343 g/mol. The minimum absolute atomic E-state index is 0.114. The van der Waals surface area contributed by atoms with Gasteiger partial charge in [0, 0.05) is 29.4 Å². The molecule has 0 radical (unpaired) electrons. The van der Waals surface area contributed by atoms with Crippen LogP contribution >= 0.6 is 11.6 Å². The second-order valence-corrected chi connectivity index (χ2v) is 5.25. The maximum absolute atomic E-state index is 12.6. The highest BCUT2D eigenvalue weighted by molar-refractivity contribution is 6.30. The molecule has 0 unspecified atom stereocenters. The van der Waals surface area contributed by atoms with Gasteiger partial charge in [0.1, 0.15) is 0 Å². The van der Waals surface area contributed by atoms with Gasteiger partial charge in [0.05, 0.1) is 5.56 Å². The average Bonchev–Trinajstić information content (AvgIpc) is 2.46. The van der Waals surface area contributed by atoms with E-state index in [4.69, 9.17) is 11.6 Å². The number of rotatable bonds is 5. The molecule has 0 bridgehead atoms. The maximum atomic E-state index is 12.6. The van der Waals surface area contributed by atoms with Gasteiger partial charge in [-0.1, -0.05) is 23.7 Å². The second kappa shape index (κ2) is 7.37. The molecule has 0 aliphatic heterocycles. The molecule has 0 aliphatic rings. The Balaban J connectivity index is 1.85. The topological polar surface area (TPSA) is 41.1 Å². The van der Waals surface area contributed by atoms with Crippen molar-refractivity contribution < 1.29 is 18.0 Å². The molecule has 2 aromatic carbocycles. The fourth-order valence-electron chi connectivity index (χ4n) is 1.92. The lowest BCUT2D eigenvalue weighted by atomic mass is 10.2. The van der Waals surface area contributed by atoms with Gasteiger partial charge in [0.2, 0.25) is 5.91 Å². The summed E-state index contributed by atoms with van der Waals surface area (Å²) in [6, 6.07) is 11.5. The molecular weight excluding hydrogens is 329 g/mol. The Labute approximate surface area is 136 Å². The molecule has 122 valence electrons. The summed E-state index contributed by atoms with van der Waals surface area (Å²) in [4.78, 5) is 11.8. The Bertz CT molecular complexity index is 689. The fraction of sp³-hybridized carbons (Fsp3) is 0.188. The Hall–Kier alpha value is -2.21. The fourth-order valence-corrected chi connectivity index (χ4v) is 2.11. The first-order chi connectivity index (χ1) is 10.8. The maximum Gasteiger partial charge on any atom is 0.416 e. The van der Waals surface area contributed by atoms with Crippen LogP contribution in [0.5, 0.6) is 0 Å². The number of anilines is 2. The third-order valence-electron chi connectivity index (χ3n) is 2.98. The Morgan fingerprint density at radius 2 is 1.74 bits per heavy atom. The number of alkyl halides is 3. The van der Waals surface area contributed by atoms with Crippen molar-refractivity contribution in [1.82, 2.24) is 0 Å². The van der Waals surface area contributed by atoms with E-state index >= 15 is 0 Å². The predicted molar refractivity (Wildman–Crippen MR) is 84.6 cm³/mol. The zero-order valence-electron chi connectivity index (χ0n) is 12.0. The summed E-state index contributed by atoms with van der Waals surface area (Å²) in [6.45, 7) is 0.338. The SMILES string of the molecule is O=C(CCNc1cccc(Cl)c1)Nc1cccc(C(F)(F)F)c1. The molecular formula is C16H14ClF3N2O. The lowest BCUT2D eigenvalue weighted by Gasteiger charge is -2.10. The molecule has 0 aromatic heterocycles. The molecule has 2 N–H and O–H groups in total. The molecule has 0 fully saturated rings. The van der Waals surface area contributed by atoms with E-state index in [2.05, 4.69) is 10.6 Å². The molecule has 2 aromatic rings. The molecule has 3 nitrogen and oxygen atoms in total. The van der Waals surface area contributed by atoms with Crippen molar-refractivity contribution in [1.29, 1.82) is 0 Å². The molecule has 23 heavy (non-hydrogen) atoms. The lowest BCUT2D eigenvalue weighted by molar-refractivity contribution is -0.137. The second-order valence-electron chi connectivity index (χ2n) is 4.81. The van der Waals surface area contributed by atoms with Crippen LogP contribution in [0.4, 0.5) is 24.5 Å². The number of hydrogen-bond acceptors (Lipinski definition) is 2. The van der Waals surface area contributed by atoms with E-state index in [1.807, 2.05) is 0 Å². The van der Waals surface area contributed by atoms with Gasteiger partial charge in [-0.2, -0.15) is 13.2 Å². The van der Waals surface area contributed by atoms with E-state index in [-0.39, 0.29) is 18.0 Å². The molecule has 0 aliphatic carbocycles. The smallest absolute Gasteiger partial charge is 0.384 e. The van der Waals surface area contributed by atoms with Crippen LogP contribution in [-0.2, 0) is 11.0 Å². The van der Waals surface area contributed by atoms with Gasteiger partial charge in [-0.3, -0.25) is 4.79 Å². The molecule has 0 saturated carbocycles. The Kier molecular flexibility index (Phi) is 5.50. The highest BCUT2D eigenvalue weighted by Crippen LogP contribution is 2.30. The van der Waals surface area contributed by atoms with Crippen molar-refractivity contribution in [3.05, 3.63) is 59.1 Å². The van der Waals surface area contributed by atoms with Gasteiger partial charge in [-0.05, 0) is 36.4 Å². The van der Waals surface area contributed by atoms with E-state index in [1.165, 1.54) is 12.1 Å². The van der Waals surface area contributed by atoms with Crippen LogP contribution in [0.3, 0.4) is 0 Å². The Morgan fingerprint density at radius 3 is 2.43 bits per heavy atom. The molecule has 2 rings (SSSR count). The van der Waals surface area contributed by atoms with Crippen LogP contribution in [0.25, 0.3) is 0 Å². The minimum atomic E-state index is -4.44. The van der Waals surface area contributed by atoms with Gasteiger partial charge < -0.3 is 10.6 Å². The number of amides is 1. The zero-order valence-corrected chi connectivity index (χ0v) is 12.7. The van der Waals surface area contributed by atoms with Crippen LogP contribution in [0.2, 0.25) is 5.02 Å². The van der Waals surface area contributed by atoms with Crippen LogP contribution < -0.4 is 10.6 Å². The molecule has 0 heterocycles. The van der Waals surface area contributed by atoms with Crippen molar-refractivity contribution in [2.24, 2.45) is 0 Å². The number of nitrogens with one attached hydrogen (secondary N) is 2. The van der Waals surface area contributed by atoms with Gasteiger partial charge in [-0.25, -0.2) is 0 Å². The highest BCUT2D eigenvalue weighted by atomic mass is 35.5. The van der Waals surface area contributed by atoms with E-state index < -0.39 is 11.7 Å². The predicted octanol–water partition coefficient (Wildman–Crippen LogP) is 4.80. The summed E-state index contributed by atoms with van der Waals surface area (Å²) in [5, 5.41) is 6.03. The molecule has 0 saturated heterocycles. The quantitative estimate of drug-likeness (QED) is 0.819. The highest BCUT2D eigenvalue weighted by Gasteiger charge is 2.30. The van der Waals surface area contributed by atoms with E-state index in [0.29, 0.717) is 11.6 Å². The monoisotopic (exact) mass is 342 g/mol. The molecule has 0 spiro atoms. The third-order valence-corrected chi connectivity index (χ3v) is 3.21. The largest absolute Gasteiger partial charge is 0.416 e. The zero-order chi connectivity index (χ0) is 16.9. The van der Waals surface area contributed by atoms with Crippen LogP contribution in [0, 0.1) is 0 Å². The summed E-state index contributed by atoms with van der Waals surface area (Å²) in [5.74, 6) is -0.376. The number of hydrogen-bond donors (Lipinski definition) is 2. The number of benzene rings is 2. The molecule has 1 amide bonds. The lowest BCUT2D eigenvalue weighted by Crippen LogP contribution is -2.16. The first-order valence-corrected chi connectivity index (χ1v) is 7.19. The van der Waals surface area contributed by atoms with Gasteiger partial charge in [0.25, 0.3) is 0 Å². The first kappa shape index (κ1) is 17.1. The van der Waals surface area contributed by atoms with E-state index in [1.54, 1.807) is 24.3 Å². The van der Waals surface area contributed by atoms with Crippen molar-refractivity contribution in [3.63, 3.8) is 0 Å². The van der Waals surface area contributed by atoms with Gasteiger partial charge in [-0.15, -0.1) is 0 Å². The summed E-state index contributed by atoms with van der Waals surface area (Å²) in [5.41, 5.74) is 0.0873. The van der Waals surface area contributed by atoms with Gasteiger partial charge in [0.15, 0.2) is 0 Å². The number of halogens is 4. The van der Waals surface area contributed by atoms with Crippen molar-refractivity contribution in [2.75, 3.05) is 17.2 Å². The van der Waals surface area contributed by atoms with Gasteiger partial charge >= 0.3 is 6.18 Å². The van der Waals surface area contributed by atoms with Crippen molar-refractivity contribution in [3.8, 4) is 0 Å². The van der Waals surface area contributed by atoms with Crippen LogP contribution in [-0.4, -0.2) is 12.5 Å². The molecule has 0 atom stereocenters.